The molecule has 2 N–H and O–H groups in total. The number of carbonyl (C=O) groups excluding carboxylic acids is 3. The number of nitrogens with zero attached hydrogens (tertiary/aromatic N) is 1. The Morgan fingerprint density at radius 1 is 1.03 bits per heavy atom. The van der Waals surface area contributed by atoms with Gasteiger partial charge in [0.05, 0.1) is 17.9 Å². The van der Waals surface area contributed by atoms with E-state index in [4.69, 9.17) is 0 Å². The quantitative estimate of drug-likeness (QED) is 0.707. The molecule has 6 rings (SSSR count). The lowest BCUT2D eigenvalue weighted by atomic mass is 9.75. The fourth-order valence-electron chi connectivity index (χ4n) is 6.26. The van der Waals surface area contributed by atoms with Gasteiger partial charge in [-0.3, -0.25) is 14.4 Å². The number of hydrogen-bond acceptors (Lipinski definition) is 3. The van der Waals surface area contributed by atoms with Crippen molar-refractivity contribution in [1.29, 1.82) is 0 Å². The minimum absolute atomic E-state index is 0.0706. The molecule has 0 radical (unpaired) electrons. The van der Waals surface area contributed by atoms with Crippen molar-refractivity contribution in [3.63, 3.8) is 0 Å². The molecule has 2 aromatic carbocycles. The molecule has 5 atom stereocenters. The van der Waals surface area contributed by atoms with Crippen molar-refractivity contribution in [2.75, 3.05) is 16.8 Å². The first-order valence-corrected chi connectivity index (χ1v) is 9.95. The summed E-state index contributed by atoms with van der Waals surface area (Å²) in [6.45, 7) is 0.760. The predicted octanol–water partition coefficient (Wildman–Crippen LogP) is 0.840. The van der Waals surface area contributed by atoms with Crippen molar-refractivity contribution in [2.45, 2.75) is 24.4 Å². The van der Waals surface area contributed by atoms with Crippen molar-refractivity contribution in [3.05, 3.63) is 59.9 Å². The summed E-state index contributed by atoms with van der Waals surface area (Å²) in [7, 11) is 0. The van der Waals surface area contributed by atoms with Gasteiger partial charge in [-0.25, -0.2) is 9.29 Å². The molecular weight excluding hydrogens is 373 g/mol. The van der Waals surface area contributed by atoms with Crippen LogP contribution in [0, 0.1) is 17.7 Å². The van der Waals surface area contributed by atoms with Crippen LogP contribution in [0.3, 0.4) is 0 Å². The van der Waals surface area contributed by atoms with Crippen LogP contribution in [-0.4, -0.2) is 30.3 Å². The lowest BCUT2D eigenvalue weighted by molar-refractivity contribution is -0.948. The molecule has 2 aromatic rings. The summed E-state index contributed by atoms with van der Waals surface area (Å²) in [6, 6.07) is 12.8. The first-order chi connectivity index (χ1) is 14.0. The zero-order valence-corrected chi connectivity index (χ0v) is 15.5. The number of hydrogen-bond donors (Lipinski definition) is 2. The van der Waals surface area contributed by atoms with E-state index in [2.05, 4.69) is 5.32 Å². The summed E-state index contributed by atoms with van der Waals surface area (Å²) in [4.78, 5) is 42.7. The molecule has 1 unspecified atom stereocenters. The Labute approximate surface area is 166 Å². The average Bonchev–Trinajstić information content (AvgIpc) is 3.41. The fourth-order valence-corrected chi connectivity index (χ4v) is 6.26. The number of quaternary nitrogens is 1. The van der Waals surface area contributed by atoms with Gasteiger partial charge in [-0.05, 0) is 30.3 Å². The van der Waals surface area contributed by atoms with Crippen LogP contribution in [0.25, 0.3) is 0 Å². The summed E-state index contributed by atoms with van der Waals surface area (Å²) in [5.74, 6) is -2.55. The van der Waals surface area contributed by atoms with E-state index in [9.17, 15) is 18.8 Å². The number of anilines is 2. The van der Waals surface area contributed by atoms with Crippen molar-refractivity contribution < 1.29 is 23.7 Å². The molecule has 6 nitrogen and oxygen atoms in total. The molecule has 29 heavy (non-hydrogen) atoms. The fraction of sp³-hybridized carbons (Fsp3) is 0.318. The van der Waals surface area contributed by atoms with Crippen LogP contribution in [0.2, 0.25) is 0 Å². The number of rotatable bonds is 1. The minimum atomic E-state index is -1.08. The van der Waals surface area contributed by atoms with Crippen molar-refractivity contribution in [2.24, 2.45) is 11.8 Å². The number of benzene rings is 2. The molecule has 3 fully saturated rings. The lowest BCUT2D eigenvalue weighted by Gasteiger charge is -2.33. The molecule has 4 aliphatic heterocycles. The Morgan fingerprint density at radius 3 is 2.59 bits per heavy atom. The van der Waals surface area contributed by atoms with E-state index in [1.54, 1.807) is 0 Å². The van der Waals surface area contributed by atoms with Gasteiger partial charge in [0.25, 0.3) is 5.91 Å². The van der Waals surface area contributed by atoms with Crippen molar-refractivity contribution in [3.8, 4) is 0 Å². The molecule has 3 amide bonds. The second-order valence-corrected chi connectivity index (χ2v) is 8.32. The Morgan fingerprint density at radius 2 is 1.79 bits per heavy atom. The third kappa shape index (κ3) is 1.86. The first-order valence-electron chi connectivity index (χ1n) is 9.95. The summed E-state index contributed by atoms with van der Waals surface area (Å²) in [6.07, 6.45) is 1.72. The number of nitrogens with one attached hydrogen (secondary N) is 2. The van der Waals surface area contributed by atoms with E-state index in [1.807, 2.05) is 24.3 Å². The summed E-state index contributed by atoms with van der Waals surface area (Å²) in [5.41, 5.74) is 0.805. The van der Waals surface area contributed by atoms with E-state index in [-0.39, 0.29) is 23.8 Å². The van der Waals surface area contributed by atoms with Gasteiger partial charge in [0.1, 0.15) is 23.7 Å². The van der Waals surface area contributed by atoms with Crippen LogP contribution in [0.5, 0.6) is 0 Å². The SMILES string of the molecule is O=C1[C@@H]2[C@H]3CCC[NH+]3[C@]3(C(=O)Nc4ccccc43)[C@H]2C(=O)N1c1ccc(F)cc1. The number of halogens is 1. The van der Waals surface area contributed by atoms with E-state index < -0.39 is 23.2 Å². The molecule has 0 saturated carbocycles. The normalized spacial score (nSPS) is 34.5. The van der Waals surface area contributed by atoms with Gasteiger partial charge in [-0.1, -0.05) is 18.2 Å². The highest BCUT2D eigenvalue weighted by molar-refractivity contribution is 6.25. The minimum Gasteiger partial charge on any atom is -0.320 e. The van der Waals surface area contributed by atoms with Gasteiger partial charge in [0, 0.05) is 18.4 Å². The zero-order chi connectivity index (χ0) is 19.9. The Hall–Kier alpha value is -3.06. The monoisotopic (exact) mass is 392 g/mol. The molecule has 1 spiro atoms. The van der Waals surface area contributed by atoms with E-state index >= 15 is 0 Å². The van der Waals surface area contributed by atoms with Crippen LogP contribution in [0.4, 0.5) is 15.8 Å². The maximum atomic E-state index is 13.6. The molecule has 4 aliphatic rings. The maximum Gasteiger partial charge on any atom is 0.291 e. The van der Waals surface area contributed by atoms with E-state index in [1.165, 1.54) is 29.2 Å². The van der Waals surface area contributed by atoms with Gasteiger partial charge in [-0.2, -0.15) is 0 Å². The average molecular weight is 392 g/mol. The maximum absolute atomic E-state index is 13.6. The third-order valence-electron chi connectivity index (χ3n) is 7.21. The third-order valence-corrected chi connectivity index (χ3v) is 7.21. The zero-order valence-electron chi connectivity index (χ0n) is 15.5. The Bertz CT molecular complexity index is 1080. The summed E-state index contributed by atoms with van der Waals surface area (Å²) in [5, 5.41) is 2.96. The first kappa shape index (κ1) is 16.9. The van der Waals surface area contributed by atoms with Crippen LogP contribution < -0.4 is 15.1 Å². The highest BCUT2D eigenvalue weighted by Gasteiger charge is 2.78. The Balaban J connectivity index is 1.55. The molecule has 3 saturated heterocycles. The smallest absolute Gasteiger partial charge is 0.291 e. The number of fused-ring (bicyclic) bond motifs is 7. The molecule has 0 aromatic heterocycles. The van der Waals surface area contributed by atoms with Gasteiger partial charge in [0.15, 0.2) is 0 Å². The molecule has 0 bridgehead atoms. The van der Waals surface area contributed by atoms with Crippen LogP contribution >= 0.6 is 0 Å². The lowest BCUT2D eigenvalue weighted by Crippen LogP contribution is -3.19. The largest absolute Gasteiger partial charge is 0.320 e. The summed E-state index contributed by atoms with van der Waals surface area (Å²) >= 11 is 0. The number of imide groups is 1. The highest BCUT2D eigenvalue weighted by Crippen LogP contribution is 2.52. The van der Waals surface area contributed by atoms with Gasteiger partial charge in [-0.15, -0.1) is 0 Å². The summed E-state index contributed by atoms with van der Waals surface area (Å²) < 4.78 is 13.4. The molecule has 0 aliphatic carbocycles. The number of amides is 3. The second-order valence-electron chi connectivity index (χ2n) is 8.32. The Kier molecular flexibility index (Phi) is 3.20. The number of para-hydroxylation sites is 1. The van der Waals surface area contributed by atoms with E-state index in [0.717, 1.165) is 35.5 Å². The van der Waals surface area contributed by atoms with Gasteiger partial charge >= 0.3 is 0 Å². The molecule has 7 heteroatoms. The predicted molar refractivity (Wildman–Crippen MR) is 101 cm³/mol. The van der Waals surface area contributed by atoms with E-state index in [0.29, 0.717) is 5.69 Å². The molecular formula is C22H19FN3O3+. The van der Waals surface area contributed by atoms with Gasteiger partial charge < -0.3 is 10.2 Å². The van der Waals surface area contributed by atoms with Crippen LogP contribution in [0.1, 0.15) is 18.4 Å². The van der Waals surface area contributed by atoms with Crippen molar-refractivity contribution in [1.82, 2.24) is 0 Å². The topological polar surface area (TPSA) is 70.9 Å². The standard InChI is InChI=1S/C22H18FN3O3/c23-12-7-9-13(10-8-12)26-19(27)17-16-6-3-11-25(16)22(18(17)20(26)28)14-4-1-2-5-15(14)24-21(22)29/h1-2,4-5,7-10,16-18H,3,6,11H2,(H,24,29)/p+1/t16-,17-,18-,22+/m1/s1. The van der Waals surface area contributed by atoms with Crippen LogP contribution in [0.15, 0.2) is 48.5 Å². The number of carbonyl (C=O) groups is 3. The van der Waals surface area contributed by atoms with Crippen LogP contribution in [-0.2, 0) is 19.9 Å². The second kappa shape index (κ2) is 5.51. The molecule has 146 valence electrons. The van der Waals surface area contributed by atoms with Gasteiger partial charge in [0.2, 0.25) is 17.4 Å². The highest BCUT2D eigenvalue weighted by atomic mass is 19.1. The molecule has 4 heterocycles. The van der Waals surface area contributed by atoms with Crippen molar-refractivity contribution >= 4 is 29.1 Å².